The van der Waals surface area contributed by atoms with E-state index in [9.17, 15) is 14.4 Å². The first kappa shape index (κ1) is 12.0. The third-order valence-corrected chi connectivity index (χ3v) is 2.63. The normalized spacial score (nSPS) is 14.3. The fraction of sp³-hybridized carbons (Fsp3) is 0.154. The molecule has 2 amide bonds. The van der Waals surface area contributed by atoms with Crippen LogP contribution < -0.4 is 4.90 Å². The summed E-state index contributed by atoms with van der Waals surface area (Å²) >= 11 is 0. The number of carbonyl (C=O) groups excluding carboxylic acids is 2. The highest BCUT2D eigenvalue weighted by Gasteiger charge is 2.24. The molecule has 0 aromatic heterocycles. The lowest BCUT2D eigenvalue weighted by Crippen LogP contribution is -2.29. The summed E-state index contributed by atoms with van der Waals surface area (Å²) in [5, 5.41) is 8.57. The van der Waals surface area contributed by atoms with Gasteiger partial charge in [0.05, 0.1) is 5.69 Å². The van der Waals surface area contributed by atoms with Crippen molar-refractivity contribution in [1.82, 2.24) is 0 Å². The summed E-state index contributed by atoms with van der Waals surface area (Å²) in [6.07, 6.45) is 2.93. The average Bonchev–Trinajstić information content (AvgIpc) is 2.67. The van der Waals surface area contributed by atoms with Gasteiger partial charge in [-0.15, -0.1) is 0 Å². The lowest BCUT2D eigenvalue weighted by atomic mass is 10.1. The van der Waals surface area contributed by atoms with E-state index in [1.165, 1.54) is 12.2 Å². The molecule has 0 aliphatic carbocycles. The zero-order valence-electron chi connectivity index (χ0n) is 9.50. The monoisotopic (exact) mass is 245 g/mol. The second-order valence-corrected chi connectivity index (χ2v) is 3.91. The number of amides is 2. The third-order valence-electron chi connectivity index (χ3n) is 2.63. The number of nitrogens with zero attached hydrogens (tertiary/aromatic N) is 1. The molecule has 1 heterocycles. The highest BCUT2D eigenvalue weighted by Crippen LogP contribution is 2.19. The Morgan fingerprint density at radius 3 is 2.11 bits per heavy atom. The second kappa shape index (κ2) is 4.83. The van der Waals surface area contributed by atoms with E-state index in [1.807, 2.05) is 0 Å². The maximum atomic E-state index is 11.4. The summed E-state index contributed by atoms with van der Waals surface area (Å²) in [7, 11) is 0. The minimum absolute atomic E-state index is 0.0580. The number of aliphatic carboxylic acids is 1. The molecule has 1 aromatic carbocycles. The molecule has 0 spiro atoms. The average molecular weight is 245 g/mol. The van der Waals surface area contributed by atoms with E-state index in [2.05, 4.69) is 0 Å². The van der Waals surface area contributed by atoms with Crippen LogP contribution in [-0.4, -0.2) is 22.9 Å². The summed E-state index contributed by atoms with van der Waals surface area (Å²) in [6.45, 7) is 0. The topological polar surface area (TPSA) is 74.7 Å². The van der Waals surface area contributed by atoms with Gasteiger partial charge in [-0.2, -0.15) is 0 Å². The second-order valence-electron chi connectivity index (χ2n) is 3.91. The number of carboxylic acid groups (broad SMARTS) is 1. The Labute approximate surface area is 103 Å². The van der Waals surface area contributed by atoms with Crippen molar-refractivity contribution in [2.45, 2.75) is 12.8 Å². The zero-order valence-corrected chi connectivity index (χ0v) is 9.50. The van der Waals surface area contributed by atoms with E-state index in [1.54, 1.807) is 24.3 Å². The van der Waals surface area contributed by atoms with Gasteiger partial charge < -0.3 is 5.11 Å². The van der Waals surface area contributed by atoms with Crippen LogP contribution in [0.2, 0.25) is 0 Å². The zero-order chi connectivity index (χ0) is 13.1. The summed E-state index contributed by atoms with van der Waals surface area (Å²) in [4.78, 5) is 34.4. The molecular weight excluding hydrogens is 234 g/mol. The van der Waals surface area contributed by atoms with Crippen molar-refractivity contribution in [2.24, 2.45) is 0 Å². The SMILES string of the molecule is O=C(O)CCc1ccc(N2C(=O)C=CC2=O)cc1. The van der Waals surface area contributed by atoms with Gasteiger partial charge in [-0.05, 0) is 24.1 Å². The maximum Gasteiger partial charge on any atom is 0.303 e. The van der Waals surface area contributed by atoms with Crippen molar-refractivity contribution in [3.63, 3.8) is 0 Å². The molecule has 0 radical (unpaired) electrons. The Balaban J connectivity index is 2.10. The van der Waals surface area contributed by atoms with Crippen LogP contribution in [0.5, 0.6) is 0 Å². The highest BCUT2D eigenvalue weighted by atomic mass is 16.4. The Morgan fingerprint density at radius 1 is 1.06 bits per heavy atom. The first-order valence-corrected chi connectivity index (χ1v) is 5.45. The minimum atomic E-state index is -0.854. The first-order valence-electron chi connectivity index (χ1n) is 5.45. The van der Waals surface area contributed by atoms with Gasteiger partial charge in [0.2, 0.25) is 0 Å². The summed E-state index contributed by atoms with van der Waals surface area (Å²) in [6, 6.07) is 6.72. The van der Waals surface area contributed by atoms with Crippen molar-refractivity contribution in [3.8, 4) is 0 Å². The largest absolute Gasteiger partial charge is 0.481 e. The van der Waals surface area contributed by atoms with Crippen LogP contribution in [0.25, 0.3) is 0 Å². The Kier molecular flexibility index (Phi) is 3.23. The Hall–Kier alpha value is -2.43. The molecule has 2 rings (SSSR count). The van der Waals surface area contributed by atoms with Crippen molar-refractivity contribution in [3.05, 3.63) is 42.0 Å². The Bertz CT molecular complexity index is 512. The molecular formula is C13H11NO4. The summed E-state index contributed by atoms with van der Waals surface area (Å²) in [5.41, 5.74) is 1.35. The first-order chi connectivity index (χ1) is 8.58. The quantitative estimate of drug-likeness (QED) is 0.807. The number of carboxylic acids is 1. The molecule has 0 saturated heterocycles. The third kappa shape index (κ3) is 2.45. The molecule has 92 valence electrons. The molecule has 0 unspecified atom stereocenters. The number of carbonyl (C=O) groups is 3. The van der Waals surface area contributed by atoms with Crippen LogP contribution in [0.4, 0.5) is 5.69 Å². The van der Waals surface area contributed by atoms with Crippen molar-refractivity contribution in [1.29, 1.82) is 0 Å². The van der Waals surface area contributed by atoms with E-state index < -0.39 is 5.97 Å². The molecule has 1 aromatic rings. The molecule has 5 nitrogen and oxygen atoms in total. The van der Waals surface area contributed by atoms with Gasteiger partial charge in [-0.25, -0.2) is 4.90 Å². The Morgan fingerprint density at radius 2 is 1.61 bits per heavy atom. The summed E-state index contributed by atoms with van der Waals surface area (Å²) < 4.78 is 0. The molecule has 5 heteroatoms. The van der Waals surface area contributed by atoms with E-state index >= 15 is 0 Å². The maximum absolute atomic E-state index is 11.4. The van der Waals surface area contributed by atoms with Crippen LogP contribution >= 0.6 is 0 Å². The number of benzene rings is 1. The van der Waals surface area contributed by atoms with Gasteiger partial charge in [-0.1, -0.05) is 12.1 Å². The molecule has 0 atom stereocenters. The van der Waals surface area contributed by atoms with Crippen molar-refractivity contribution in [2.75, 3.05) is 4.90 Å². The van der Waals surface area contributed by atoms with Gasteiger partial charge in [0.25, 0.3) is 11.8 Å². The van der Waals surface area contributed by atoms with Crippen LogP contribution in [0, 0.1) is 0 Å². The predicted octanol–water partition coefficient (Wildman–Crippen LogP) is 1.13. The molecule has 0 fully saturated rings. The minimum Gasteiger partial charge on any atom is -0.481 e. The number of imide groups is 1. The van der Waals surface area contributed by atoms with Crippen LogP contribution in [0.1, 0.15) is 12.0 Å². The van der Waals surface area contributed by atoms with Gasteiger partial charge in [0, 0.05) is 18.6 Å². The van der Waals surface area contributed by atoms with Crippen LogP contribution in [0.15, 0.2) is 36.4 Å². The highest BCUT2D eigenvalue weighted by molar-refractivity contribution is 6.28. The fourth-order valence-corrected chi connectivity index (χ4v) is 1.72. The van der Waals surface area contributed by atoms with Gasteiger partial charge in [-0.3, -0.25) is 14.4 Å². The van der Waals surface area contributed by atoms with Crippen molar-refractivity contribution >= 4 is 23.5 Å². The number of anilines is 1. The van der Waals surface area contributed by atoms with E-state index in [4.69, 9.17) is 5.11 Å². The lowest BCUT2D eigenvalue weighted by Gasteiger charge is -2.13. The van der Waals surface area contributed by atoms with E-state index in [0.29, 0.717) is 12.1 Å². The molecule has 0 saturated carbocycles. The number of aryl methyl sites for hydroxylation is 1. The predicted molar refractivity (Wildman–Crippen MR) is 64.0 cm³/mol. The van der Waals surface area contributed by atoms with Gasteiger partial charge >= 0.3 is 5.97 Å². The molecule has 1 N–H and O–H groups in total. The number of hydrogen-bond acceptors (Lipinski definition) is 3. The molecule has 1 aliphatic rings. The molecule has 0 bridgehead atoms. The fourth-order valence-electron chi connectivity index (χ4n) is 1.72. The number of rotatable bonds is 4. The van der Waals surface area contributed by atoms with Crippen LogP contribution in [-0.2, 0) is 20.8 Å². The lowest BCUT2D eigenvalue weighted by molar-refractivity contribution is -0.137. The molecule has 1 aliphatic heterocycles. The smallest absolute Gasteiger partial charge is 0.303 e. The van der Waals surface area contributed by atoms with Crippen molar-refractivity contribution < 1.29 is 19.5 Å². The van der Waals surface area contributed by atoms with E-state index in [0.717, 1.165) is 10.5 Å². The van der Waals surface area contributed by atoms with Crippen LogP contribution in [0.3, 0.4) is 0 Å². The van der Waals surface area contributed by atoms with Gasteiger partial charge in [0.1, 0.15) is 0 Å². The molecule has 18 heavy (non-hydrogen) atoms. The number of hydrogen-bond donors (Lipinski definition) is 1. The van der Waals surface area contributed by atoms with E-state index in [-0.39, 0.29) is 18.2 Å². The summed E-state index contributed by atoms with van der Waals surface area (Å²) in [5.74, 6) is -1.58. The standard InChI is InChI=1S/C13H11NO4/c15-11-6-7-12(16)14(11)10-4-1-9(2-5-10)3-8-13(17)18/h1-2,4-7H,3,8H2,(H,17,18). The van der Waals surface area contributed by atoms with Gasteiger partial charge in [0.15, 0.2) is 0 Å².